The molecule has 0 aliphatic rings. The molecule has 3 N–H and O–H groups in total. The highest BCUT2D eigenvalue weighted by molar-refractivity contribution is 4.98. The number of nitrogens with two attached hydrogens (primary N) is 1. The molecule has 1 heterocycles. The monoisotopic (exact) mass is 182 g/mol. The molecule has 0 aliphatic heterocycles. The van der Waals surface area contributed by atoms with Crippen molar-refractivity contribution >= 4 is 0 Å². The zero-order chi connectivity index (χ0) is 9.52. The Morgan fingerprint density at radius 2 is 2.38 bits per heavy atom. The molecule has 13 heavy (non-hydrogen) atoms. The first-order chi connectivity index (χ1) is 6.36. The third-order valence-corrected chi connectivity index (χ3v) is 2.19. The van der Waals surface area contributed by atoms with E-state index in [9.17, 15) is 0 Å². The Morgan fingerprint density at radius 1 is 1.54 bits per heavy atom. The predicted molar refractivity (Wildman–Crippen MR) is 53.0 cm³/mol. The fourth-order valence-corrected chi connectivity index (χ4v) is 1.43. The Kier molecular flexibility index (Phi) is 4.57. The first kappa shape index (κ1) is 10.3. The van der Waals surface area contributed by atoms with E-state index in [1.54, 1.807) is 6.26 Å². The molecular formula is C10H18N2O. The van der Waals surface area contributed by atoms with Crippen LogP contribution in [0.15, 0.2) is 22.8 Å². The second-order valence-electron chi connectivity index (χ2n) is 3.27. The molecule has 0 aliphatic carbocycles. The Bertz CT molecular complexity index is 209. The molecule has 1 atom stereocenters. The molecule has 0 radical (unpaired) electrons. The average molecular weight is 182 g/mol. The predicted octanol–water partition coefficient (Wildman–Crippen LogP) is 1.84. The number of hydrogen-bond acceptors (Lipinski definition) is 3. The minimum Gasteiger partial charge on any atom is -0.469 e. The van der Waals surface area contributed by atoms with Crippen molar-refractivity contribution in [2.45, 2.75) is 38.6 Å². The van der Waals surface area contributed by atoms with Gasteiger partial charge in [0.1, 0.15) is 5.76 Å². The van der Waals surface area contributed by atoms with Crippen molar-refractivity contribution in [3.8, 4) is 0 Å². The fourth-order valence-electron chi connectivity index (χ4n) is 1.43. The highest BCUT2D eigenvalue weighted by Gasteiger charge is 2.05. The number of rotatable bonds is 6. The van der Waals surface area contributed by atoms with Crippen LogP contribution in [0, 0.1) is 0 Å². The van der Waals surface area contributed by atoms with Gasteiger partial charge in [-0.15, -0.1) is 0 Å². The first-order valence-corrected chi connectivity index (χ1v) is 4.85. The third kappa shape index (κ3) is 3.61. The van der Waals surface area contributed by atoms with E-state index in [0.717, 1.165) is 31.4 Å². The molecule has 0 aromatic carbocycles. The largest absolute Gasteiger partial charge is 0.469 e. The van der Waals surface area contributed by atoms with Crippen LogP contribution < -0.4 is 11.3 Å². The number of hydrogen-bond donors (Lipinski definition) is 2. The lowest BCUT2D eigenvalue weighted by Gasteiger charge is -2.13. The van der Waals surface area contributed by atoms with Gasteiger partial charge < -0.3 is 4.42 Å². The SMILES string of the molecule is CCCC(CCc1ccco1)NN. The minimum absolute atomic E-state index is 0.412. The van der Waals surface area contributed by atoms with Gasteiger partial charge in [-0.05, 0) is 25.0 Å². The van der Waals surface area contributed by atoms with Gasteiger partial charge in [-0.25, -0.2) is 0 Å². The van der Waals surface area contributed by atoms with E-state index in [1.165, 1.54) is 0 Å². The number of aryl methyl sites for hydroxylation is 1. The van der Waals surface area contributed by atoms with Crippen molar-refractivity contribution in [1.82, 2.24) is 5.43 Å². The zero-order valence-corrected chi connectivity index (χ0v) is 8.12. The number of nitrogens with one attached hydrogen (secondary N) is 1. The first-order valence-electron chi connectivity index (χ1n) is 4.85. The summed E-state index contributed by atoms with van der Waals surface area (Å²) >= 11 is 0. The molecule has 0 bridgehead atoms. The summed E-state index contributed by atoms with van der Waals surface area (Å²) in [5.74, 6) is 6.46. The maximum Gasteiger partial charge on any atom is 0.103 e. The summed E-state index contributed by atoms with van der Waals surface area (Å²) in [6.45, 7) is 2.16. The molecule has 3 nitrogen and oxygen atoms in total. The van der Waals surface area contributed by atoms with E-state index in [0.29, 0.717) is 6.04 Å². The summed E-state index contributed by atoms with van der Waals surface area (Å²) in [6, 6.07) is 4.33. The van der Waals surface area contributed by atoms with Crippen LogP contribution in [-0.4, -0.2) is 6.04 Å². The lowest BCUT2D eigenvalue weighted by molar-refractivity contribution is 0.429. The van der Waals surface area contributed by atoms with Crippen molar-refractivity contribution in [1.29, 1.82) is 0 Å². The third-order valence-electron chi connectivity index (χ3n) is 2.19. The normalized spacial score (nSPS) is 13.1. The Balaban J connectivity index is 2.23. The van der Waals surface area contributed by atoms with Gasteiger partial charge in [-0.3, -0.25) is 11.3 Å². The maximum atomic E-state index is 5.42. The molecule has 1 unspecified atom stereocenters. The summed E-state index contributed by atoms with van der Waals surface area (Å²) in [4.78, 5) is 0. The highest BCUT2D eigenvalue weighted by atomic mass is 16.3. The minimum atomic E-state index is 0.412. The van der Waals surface area contributed by atoms with Crippen molar-refractivity contribution in [3.05, 3.63) is 24.2 Å². The summed E-state index contributed by atoms with van der Waals surface area (Å²) < 4.78 is 5.24. The van der Waals surface area contributed by atoms with Crippen molar-refractivity contribution in [2.75, 3.05) is 0 Å². The molecular weight excluding hydrogens is 164 g/mol. The molecule has 0 amide bonds. The van der Waals surface area contributed by atoms with Gasteiger partial charge >= 0.3 is 0 Å². The van der Waals surface area contributed by atoms with Crippen molar-refractivity contribution in [3.63, 3.8) is 0 Å². The second kappa shape index (κ2) is 5.78. The standard InChI is InChI=1S/C10H18N2O/c1-2-4-9(12-11)6-7-10-5-3-8-13-10/h3,5,8-9,12H,2,4,6-7,11H2,1H3. The van der Waals surface area contributed by atoms with Gasteiger partial charge in [-0.1, -0.05) is 13.3 Å². The molecule has 1 aromatic rings. The molecule has 0 fully saturated rings. The Labute approximate surface area is 79.3 Å². The van der Waals surface area contributed by atoms with Gasteiger partial charge in [0.15, 0.2) is 0 Å². The molecule has 1 aromatic heterocycles. The second-order valence-corrected chi connectivity index (χ2v) is 3.27. The van der Waals surface area contributed by atoms with E-state index in [4.69, 9.17) is 10.3 Å². The molecule has 3 heteroatoms. The van der Waals surface area contributed by atoms with Crippen LogP contribution >= 0.6 is 0 Å². The molecule has 0 saturated heterocycles. The van der Waals surface area contributed by atoms with Crippen LogP contribution in [0.3, 0.4) is 0 Å². The van der Waals surface area contributed by atoms with Crippen LogP contribution in [-0.2, 0) is 6.42 Å². The van der Waals surface area contributed by atoms with E-state index >= 15 is 0 Å². The van der Waals surface area contributed by atoms with E-state index in [1.807, 2.05) is 12.1 Å². The lowest BCUT2D eigenvalue weighted by Crippen LogP contribution is -2.35. The number of furan rings is 1. The van der Waals surface area contributed by atoms with Gasteiger partial charge in [0, 0.05) is 12.5 Å². The van der Waals surface area contributed by atoms with Crippen LogP contribution in [0.5, 0.6) is 0 Å². The van der Waals surface area contributed by atoms with E-state index in [2.05, 4.69) is 12.3 Å². The molecule has 74 valence electrons. The zero-order valence-electron chi connectivity index (χ0n) is 8.12. The Morgan fingerprint density at radius 3 is 2.92 bits per heavy atom. The summed E-state index contributed by atoms with van der Waals surface area (Å²) in [6.07, 6.45) is 5.99. The van der Waals surface area contributed by atoms with Crippen LogP contribution in [0.2, 0.25) is 0 Å². The van der Waals surface area contributed by atoms with Crippen molar-refractivity contribution < 1.29 is 4.42 Å². The molecule has 0 saturated carbocycles. The van der Waals surface area contributed by atoms with Crippen LogP contribution in [0.25, 0.3) is 0 Å². The Hall–Kier alpha value is -0.800. The van der Waals surface area contributed by atoms with Crippen molar-refractivity contribution in [2.24, 2.45) is 5.84 Å². The van der Waals surface area contributed by atoms with E-state index in [-0.39, 0.29) is 0 Å². The summed E-state index contributed by atoms with van der Waals surface area (Å²) in [5.41, 5.74) is 2.82. The van der Waals surface area contributed by atoms with Gasteiger partial charge in [0.05, 0.1) is 6.26 Å². The van der Waals surface area contributed by atoms with Gasteiger partial charge in [0.2, 0.25) is 0 Å². The number of hydrazine groups is 1. The molecule has 1 rings (SSSR count). The van der Waals surface area contributed by atoms with Crippen LogP contribution in [0.4, 0.5) is 0 Å². The quantitative estimate of drug-likeness (QED) is 0.521. The smallest absolute Gasteiger partial charge is 0.103 e. The summed E-state index contributed by atoms with van der Waals surface area (Å²) in [7, 11) is 0. The summed E-state index contributed by atoms with van der Waals surface area (Å²) in [5, 5.41) is 0. The fraction of sp³-hybridized carbons (Fsp3) is 0.600. The average Bonchev–Trinajstić information content (AvgIpc) is 2.64. The topological polar surface area (TPSA) is 51.2 Å². The highest BCUT2D eigenvalue weighted by Crippen LogP contribution is 2.08. The lowest BCUT2D eigenvalue weighted by atomic mass is 10.1. The van der Waals surface area contributed by atoms with Gasteiger partial charge in [-0.2, -0.15) is 0 Å². The van der Waals surface area contributed by atoms with E-state index < -0.39 is 0 Å². The maximum absolute atomic E-state index is 5.42. The van der Waals surface area contributed by atoms with Crippen LogP contribution in [0.1, 0.15) is 31.9 Å². The van der Waals surface area contributed by atoms with Gasteiger partial charge in [0.25, 0.3) is 0 Å². The molecule has 0 spiro atoms.